The Morgan fingerprint density at radius 3 is 2.27 bits per heavy atom. The van der Waals surface area contributed by atoms with Gasteiger partial charge >= 0.3 is 13.8 Å². The molecule has 0 aromatic heterocycles. The SMILES string of the molecule is CCCC(=O)OP(=O)(O)O.[Zn]. The van der Waals surface area contributed by atoms with Gasteiger partial charge in [-0.3, -0.25) is 14.6 Å². The molecule has 0 rings (SSSR count). The van der Waals surface area contributed by atoms with Crippen molar-refractivity contribution < 1.29 is 43.1 Å². The fourth-order valence-electron chi connectivity index (χ4n) is 0.382. The normalized spacial score (nSPS) is 10.1. The molecular formula is C4H9O5PZn. The molecule has 0 amide bonds. The molecule has 62 valence electrons. The van der Waals surface area contributed by atoms with Crippen LogP contribution in [0.4, 0.5) is 0 Å². The van der Waals surface area contributed by atoms with Crippen LogP contribution in [0.15, 0.2) is 0 Å². The molecule has 0 spiro atoms. The van der Waals surface area contributed by atoms with Gasteiger partial charge in [-0.05, 0) is 6.42 Å². The number of hydrogen-bond acceptors (Lipinski definition) is 3. The Hall–Kier alpha value is 0.243. The van der Waals surface area contributed by atoms with Crippen LogP contribution in [0.3, 0.4) is 0 Å². The Morgan fingerprint density at radius 1 is 1.55 bits per heavy atom. The molecule has 0 radical (unpaired) electrons. The van der Waals surface area contributed by atoms with E-state index in [2.05, 4.69) is 4.52 Å². The van der Waals surface area contributed by atoms with E-state index in [1.807, 2.05) is 0 Å². The van der Waals surface area contributed by atoms with Crippen molar-refractivity contribution in [1.82, 2.24) is 0 Å². The molecule has 0 aliphatic carbocycles. The van der Waals surface area contributed by atoms with E-state index < -0.39 is 13.8 Å². The molecule has 7 heteroatoms. The first-order valence-corrected chi connectivity index (χ1v) is 4.26. The van der Waals surface area contributed by atoms with E-state index in [-0.39, 0.29) is 25.9 Å². The molecule has 0 saturated heterocycles. The zero-order valence-corrected chi connectivity index (χ0v) is 10.0. The molecular weight excluding hydrogens is 224 g/mol. The van der Waals surface area contributed by atoms with E-state index in [1.165, 1.54) is 0 Å². The summed E-state index contributed by atoms with van der Waals surface area (Å²) in [4.78, 5) is 26.5. The Bertz CT molecular complexity index is 164. The van der Waals surface area contributed by atoms with Gasteiger partial charge in [-0.2, -0.15) is 0 Å². The number of rotatable bonds is 3. The average Bonchev–Trinajstić information content (AvgIpc) is 1.59. The topological polar surface area (TPSA) is 83.8 Å². The second kappa shape index (κ2) is 5.84. The quantitative estimate of drug-likeness (QED) is 0.545. The molecule has 0 bridgehead atoms. The standard InChI is InChI=1S/C4H9O5P.Zn/c1-2-3-4(5)9-10(6,7)8;/h2-3H2,1H3,(H2,6,7,8);. The number of phosphoric acid groups is 1. The molecule has 11 heavy (non-hydrogen) atoms. The maximum Gasteiger partial charge on any atom is 0.526 e. The average molecular weight is 233 g/mol. The molecule has 0 atom stereocenters. The second-order valence-electron chi connectivity index (χ2n) is 1.70. The van der Waals surface area contributed by atoms with Gasteiger partial charge in [0, 0.05) is 25.9 Å². The van der Waals surface area contributed by atoms with Crippen LogP contribution in [0, 0.1) is 0 Å². The maximum atomic E-state index is 10.3. The minimum atomic E-state index is -4.60. The van der Waals surface area contributed by atoms with Gasteiger partial charge in [0.05, 0.1) is 0 Å². The van der Waals surface area contributed by atoms with Crippen LogP contribution in [0.1, 0.15) is 19.8 Å². The van der Waals surface area contributed by atoms with Crippen molar-refractivity contribution in [3.8, 4) is 0 Å². The summed E-state index contributed by atoms with van der Waals surface area (Å²) in [6.07, 6.45) is 0.546. The number of carbonyl (C=O) groups excluding carboxylic acids is 1. The third-order valence-corrected chi connectivity index (χ3v) is 1.12. The Kier molecular flexibility index (Phi) is 7.33. The Balaban J connectivity index is 0. The molecule has 0 unspecified atom stereocenters. The molecule has 2 N–H and O–H groups in total. The first-order chi connectivity index (χ1) is 4.45. The summed E-state index contributed by atoms with van der Waals surface area (Å²) < 4.78 is 13.7. The van der Waals surface area contributed by atoms with Crippen molar-refractivity contribution in [3.63, 3.8) is 0 Å². The summed E-state index contributed by atoms with van der Waals surface area (Å²) in [7, 11) is -4.60. The van der Waals surface area contributed by atoms with E-state index in [0.717, 1.165) is 0 Å². The summed E-state index contributed by atoms with van der Waals surface area (Å²) in [5.41, 5.74) is 0. The van der Waals surface area contributed by atoms with Gasteiger partial charge in [0.15, 0.2) is 0 Å². The van der Waals surface area contributed by atoms with Gasteiger partial charge < -0.3 is 4.52 Å². The summed E-state index contributed by atoms with van der Waals surface area (Å²) in [5, 5.41) is 0. The summed E-state index contributed by atoms with van der Waals surface area (Å²) in [5.74, 6) is -0.865. The molecule has 0 aromatic carbocycles. The second-order valence-corrected chi connectivity index (χ2v) is 2.87. The van der Waals surface area contributed by atoms with Crippen molar-refractivity contribution in [1.29, 1.82) is 0 Å². The maximum absolute atomic E-state index is 10.3. The van der Waals surface area contributed by atoms with Gasteiger partial charge in [-0.25, -0.2) is 4.57 Å². The molecule has 0 saturated carbocycles. The fraction of sp³-hybridized carbons (Fsp3) is 0.750. The molecule has 5 nitrogen and oxygen atoms in total. The monoisotopic (exact) mass is 232 g/mol. The van der Waals surface area contributed by atoms with E-state index in [4.69, 9.17) is 9.79 Å². The minimum absolute atomic E-state index is 0. The summed E-state index contributed by atoms with van der Waals surface area (Å²) in [6, 6.07) is 0. The van der Waals surface area contributed by atoms with Crippen molar-refractivity contribution in [2.45, 2.75) is 19.8 Å². The van der Waals surface area contributed by atoms with E-state index in [0.29, 0.717) is 6.42 Å². The first kappa shape index (κ1) is 13.8. The molecule has 0 heterocycles. The molecule has 0 fully saturated rings. The van der Waals surface area contributed by atoms with Crippen molar-refractivity contribution in [3.05, 3.63) is 0 Å². The van der Waals surface area contributed by atoms with Gasteiger partial charge in [0.25, 0.3) is 0 Å². The fourth-order valence-corrected chi connectivity index (χ4v) is 0.739. The Morgan fingerprint density at radius 2 is 2.00 bits per heavy atom. The van der Waals surface area contributed by atoms with Crippen LogP contribution in [0.25, 0.3) is 0 Å². The number of hydrogen-bond donors (Lipinski definition) is 2. The van der Waals surface area contributed by atoms with Crippen LogP contribution in [0.5, 0.6) is 0 Å². The summed E-state index contributed by atoms with van der Waals surface area (Å²) >= 11 is 0. The van der Waals surface area contributed by atoms with Crippen molar-refractivity contribution >= 4 is 13.8 Å². The van der Waals surface area contributed by atoms with Gasteiger partial charge in [0.1, 0.15) is 0 Å². The zero-order valence-electron chi connectivity index (χ0n) is 6.19. The Labute approximate surface area is 77.1 Å². The van der Waals surface area contributed by atoms with Gasteiger partial charge in [-0.15, -0.1) is 0 Å². The van der Waals surface area contributed by atoms with Crippen LogP contribution in [0.2, 0.25) is 0 Å². The van der Waals surface area contributed by atoms with Crippen LogP contribution < -0.4 is 0 Å². The predicted molar refractivity (Wildman–Crippen MR) is 33.0 cm³/mol. The van der Waals surface area contributed by atoms with Gasteiger partial charge in [0.2, 0.25) is 0 Å². The smallest absolute Gasteiger partial charge is 0.371 e. The minimum Gasteiger partial charge on any atom is -0.371 e. The van der Waals surface area contributed by atoms with E-state index >= 15 is 0 Å². The molecule has 0 aliphatic heterocycles. The first-order valence-electron chi connectivity index (χ1n) is 2.73. The van der Waals surface area contributed by atoms with Crippen molar-refractivity contribution in [2.24, 2.45) is 0 Å². The van der Waals surface area contributed by atoms with Gasteiger partial charge in [-0.1, -0.05) is 6.92 Å². The molecule has 0 aliphatic rings. The zero-order chi connectivity index (χ0) is 8.20. The largest absolute Gasteiger partial charge is 0.526 e. The van der Waals surface area contributed by atoms with E-state index in [1.54, 1.807) is 6.92 Å². The van der Waals surface area contributed by atoms with Crippen molar-refractivity contribution in [2.75, 3.05) is 0 Å². The number of carbonyl (C=O) groups is 1. The van der Waals surface area contributed by atoms with Crippen LogP contribution in [-0.2, 0) is 33.4 Å². The predicted octanol–water partition coefficient (Wildman–Crippen LogP) is 0.420. The third kappa shape index (κ3) is 10.2. The third-order valence-electron chi connectivity index (χ3n) is 0.675. The van der Waals surface area contributed by atoms with E-state index in [9.17, 15) is 9.36 Å². The number of phosphoric ester groups is 1. The summed E-state index contributed by atoms with van der Waals surface area (Å²) in [6.45, 7) is 1.71. The molecule has 0 aromatic rings. The van der Waals surface area contributed by atoms with Crippen LogP contribution in [-0.4, -0.2) is 15.8 Å². The van der Waals surface area contributed by atoms with Crippen LogP contribution >= 0.6 is 7.82 Å².